The number of rotatable bonds is 3. The van der Waals surface area contributed by atoms with Crippen LogP contribution in [0.3, 0.4) is 0 Å². The Bertz CT molecular complexity index is 1180. The van der Waals surface area contributed by atoms with Gasteiger partial charge in [-0.2, -0.15) is 0 Å². The first-order chi connectivity index (χ1) is 13.6. The maximum Gasteiger partial charge on any atom is 0.256 e. The van der Waals surface area contributed by atoms with E-state index in [9.17, 15) is 4.79 Å². The van der Waals surface area contributed by atoms with Gasteiger partial charge >= 0.3 is 0 Å². The van der Waals surface area contributed by atoms with Crippen molar-refractivity contribution in [2.75, 3.05) is 5.32 Å². The molecule has 3 nitrogen and oxygen atoms in total. The van der Waals surface area contributed by atoms with Crippen molar-refractivity contribution in [3.05, 3.63) is 95.1 Å². The number of benzene rings is 3. The van der Waals surface area contributed by atoms with Gasteiger partial charge < -0.3 is 5.32 Å². The van der Waals surface area contributed by atoms with E-state index in [2.05, 4.69) is 5.32 Å². The molecule has 0 spiro atoms. The highest BCUT2D eigenvalue weighted by Gasteiger charge is 2.19. The Morgan fingerprint density at radius 2 is 1.50 bits per heavy atom. The average Bonchev–Trinajstić information content (AvgIpc) is 2.71. The number of hydrogen-bond donors (Lipinski definition) is 1. The summed E-state index contributed by atoms with van der Waals surface area (Å²) in [5, 5.41) is 3.98. The number of aromatic nitrogens is 1. The standard InChI is InChI=1S/C25H22N2O/c1-16-10-9-15-21(17(16)2)27-25(28)23-18(3)24(19-11-5-4-6-12-19)26-22-14-8-7-13-20(22)23/h4-15H,1-3H3,(H,27,28). The number of carbonyl (C=O) groups excluding carboxylic acids is 1. The van der Waals surface area contributed by atoms with E-state index in [4.69, 9.17) is 4.98 Å². The molecule has 0 aliphatic heterocycles. The summed E-state index contributed by atoms with van der Waals surface area (Å²) in [6, 6.07) is 23.8. The van der Waals surface area contributed by atoms with E-state index in [0.717, 1.165) is 44.5 Å². The van der Waals surface area contributed by atoms with Crippen molar-refractivity contribution < 1.29 is 4.79 Å². The predicted octanol–water partition coefficient (Wildman–Crippen LogP) is 6.08. The lowest BCUT2D eigenvalue weighted by atomic mass is 9.97. The smallest absolute Gasteiger partial charge is 0.256 e. The second-order valence-corrected chi connectivity index (χ2v) is 7.05. The number of anilines is 1. The molecule has 1 aromatic heterocycles. The Hall–Kier alpha value is -3.46. The molecule has 0 unspecified atom stereocenters. The predicted molar refractivity (Wildman–Crippen MR) is 116 cm³/mol. The van der Waals surface area contributed by atoms with Crippen molar-refractivity contribution in [3.8, 4) is 11.3 Å². The maximum absolute atomic E-state index is 13.4. The van der Waals surface area contributed by atoms with Crippen molar-refractivity contribution >= 4 is 22.5 Å². The third kappa shape index (κ3) is 3.16. The van der Waals surface area contributed by atoms with E-state index in [1.807, 2.05) is 93.6 Å². The lowest BCUT2D eigenvalue weighted by molar-refractivity contribution is 0.102. The molecular weight excluding hydrogens is 344 g/mol. The Morgan fingerprint density at radius 1 is 0.786 bits per heavy atom. The van der Waals surface area contributed by atoms with Gasteiger partial charge in [0, 0.05) is 16.6 Å². The topological polar surface area (TPSA) is 42.0 Å². The van der Waals surface area contributed by atoms with Crippen LogP contribution in [0.2, 0.25) is 0 Å². The molecule has 4 aromatic rings. The van der Waals surface area contributed by atoms with Gasteiger partial charge in [0.25, 0.3) is 5.91 Å². The molecule has 138 valence electrons. The number of pyridine rings is 1. The van der Waals surface area contributed by atoms with Crippen molar-refractivity contribution in [3.63, 3.8) is 0 Å². The van der Waals surface area contributed by atoms with Crippen LogP contribution >= 0.6 is 0 Å². The van der Waals surface area contributed by atoms with Crippen LogP contribution in [0.1, 0.15) is 27.0 Å². The minimum atomic E-state index is -0.109. The van der Waals surface area contributed by atoms with Crippen LogP contribution in [0, 0.1) is 20.8 Å². The van der Waals surface area contributed by atoms with Gasteiger partial charge in [-0.05, 0) is 49.6 Å². The second-order valence-electron chi connectivity index (χ2n) is 7.05. The third-order valence-electron chi connectivity index (χ3n) is 5.26. The van der Waals surface area contributed by atoms with Crippen LogP contribution in [0.15, 0.2) is 72.8 Å². The van der Waals surface area contributed by atoms with E-state index in [1.54, 1.807) is 0 Å². The highest BCUT2D eigenvalue weighted by atomic mass is 16.1. The Morgan fingerprint density at radius 3 is 2.29 bits per heavy atom. The lowest BCUT2D eigenvalue weighted by Crippen LogP contribution is -2.16. The monoisotopic (exact) mass is 366 g/mol. The molecule has 0 fully saturated rings. The van der Waals surface area contributed by atoms with Gasteiger partial charge in [0.15, 0.2) is 0 Å². The normalized spacial score (nSPS) is 10.8. The van der Waals surface area contributed by atoms with E-state index >= 15 is 0 Å². The second kappa shape index (κ2) is 7.28. The summed E-state index contributed by atoms with van der Waals surface area (Å²) in [5.74, 6) is -0.109. The minimum absolute atomic E-state index is 0.109. The summed E-state index contributed by atoms with van der Waals surface area (Å²) in [6.07, 6.45) is 0. The molecule has 0 atom stereocenters. The fourth-order valence-corrected chi connectivity index (χ4v) is 3.55. The SMILES string of the molecule is Cc1cccc(NC(=O)c2c(C)c(-c3ccccc3)nc3ccccc23)c1C. The fourth-order valence-electron chi connectivity index (χ4n) is 3.55. The van der Waals surface area contributed by atoms with E-state index in [0.29, 0.717) is 5.56 Å². The molecule has 0 aliphatic carbocycles. The van der Waals surface area contributed by atoms with Crippen molar-refractivity contribution in [2.24, 2.45) is 0 Å². The van der Waals surface area contributed by atoms with Crippen LogP contribution in [-0.2, 0) is 0 Å². The molecule has 3 heteroatoms. The zero-order valence-corrected chi connectivity index (χ0v) is 16.3. The van der Waals surface area contributed by atoms with Gasteiger partial charge in [0.1, 0.15) is 0 Å². The average molecular weight is 366 g/mol. The van der Waals surface area contributed by atoms with Crippen LogP contribution in [0.25, 0.3) is 22.2 Å². The van der Waals surface area contributed by atoms with Crippen molar-refractivity contribution in [1.82, 2.24) is 4.98 Å². The molecule has 28 heavy (non-hydrogen) atoms. The van der Waals surface area contributed by atoms with Gasteiger partial charge in [-0.3, -0.25) is 4.79 Å². The lowest BCUT2D eigenvalue weighted by Gasteiger charge is -2.16. The third-order valence-corrected chi connectivity index (χ3v) is 5.26. The molecular formula is C25H22N2O. The van der Waals surface area contributed by atoms with E-state index < -0.39 is 0 Å². The largest absolute Gasteiger partial charge is 0.322 e. The zero-order valence-electron chi connectivity index (χ0n) is 16.3. The summed E-state index contributed by atoms with van der Waals surface area (Å²) >= 11 is 0. The molecule has 0 bridgehead atoms. The van der Waals surface area contributed by atoms with Gasteiger partial charge in [-0.1, -0.05) is 60.7 Å². The highest BCUT2D eigenvalue weighted by molar-refractivity contribution is 6.14. The van der Waals surface area contributed by atoms with E-state index in [1.165, 1.54) is 0 Å². The van der Waals surface area contributed by atoms with E-state index in [-0.39, 0.29) is 5.91 Å². The first-order valence-corrected chi connectivity index (χ1v) is 9.38. The number of fused-ring (bicyclic) bond motifs is 1. The van der Waals surface area contributed by atoms with Crippen molar-refractivity contribution in [2.45, 2.75) is 20.8 Å². The number of amides is 1. The number of para-hydroxylation sites is 1. The number of nitrogens with one attached hydrogen (secondary N) is 1. The Balaban J connectivity index is 1.89. The van der Waals surface area contributed by atoms with Crippen LogP contribution in [0.5, 0.6) is 0 Å². The van der Waals surface area contributed by atoms with Crippen LogP contribution in [0.4, 0.5) is 5.69 Å². The Kier molecular flexibility index (Phi) is 4.66. The molecule has 3 aromatic carbocycles. The van der Waals surface area contributed by atoms with Crippen molar-refractivity contribution in [1.29, 1.82) is 0 Å². The summed E-state index contributed by atoms with van der Waals surface area (Å²) < 4.78 is 0. The zero-order chi connectivity index (χ0) is 19.7. The molecule has 1 amide bonds. The Labute approximate surface area is 165 Å². The first-order valence-electron chi connectivity index (χ1n) is 9.38. The summed E-state index contributed by atoms with van der Waals surface area (Å²) in [7, 11) is 0. The number of hydrogen-bond acceptors (Lipinski definition) is 2. The number of aryl methyl sites for hydroxylation is 1. The van der Waals surface area contributed by atoms with Gasteiger partial charge in [-0.25, -0.2) is 4.98 Å². The molecule has 4 rings (SSSR count). The molecule has 0 aliphatic rings. The summed E-state index contributed by atoms with van der Waals surface area (Å²) in [4.78, 5) is 18.2. The summed E-state index contributed by atoms with van der Waals surface area (Å²) in [6.45, 7) is 6.04. The molecule has 1 heterocycles. The van der Waals surface area contributed by atoms with Crippen LogP contribution < -0.4 is 5.32 Å². The maximum atomic E-state index is 13.4. The first kappa shape index (κ1) is 17.9. The quantitative estimate of drug-likeness (QED) is 0.477. The van der Waals surface area contributed by atoms with Gasteiger partial charge in [-0.15, -0.1) is 0 Å². The van der Waals surface area contributed by atoms with Gasteiger partial charge in [0.2, 0.25) is 0 Å². The number of nitrogens with zero attached hydrogens (tertiary/aromatic N) is 1. The molecule has 0 saturated carbocycles. The number of carbonyl (C=O) groups is 1. The highest BCUT2D eigenvalue weighted by Crippen LogP contribution is 2.30. The summed E-state index contributed by atoms with van der Waals surface area (Å²) in [5.41, 5.74) is 7.29. The fraction of sp³-hybridized carbons (Fsp3) is 0.120. The molecule has 1 N–H and O–H groups in total. The van der Waals surface area contributed by atoms with Crippen LogP contribution in [-0.4, -0.2) is 10.9 Å². The van der Waals surface area contributed by atoms with Gasteiger partial charge in [0.05, 0.1) is 16.8 Å². The molecule has 0 radical (unpaired) electrons. The minimum Gasteiger partial charge on any atom is -0.322 e. The molecule has 0 saturated heterocycles.